The van der Waals surface area contributed by atoms with Gasteiger partial charge in [0.15, 0.2) is 0 Å². The van der Waals surface area contributed by atoms with Crippen molar-refractivity contribution in [2.45, 2.75) is 18.9 Å². The molecule has 1 N–H and O–H groups in total. The average molecular weight is 145 g/mol. The maximum Gasteiger partial charge on any atom is 0.0989 e. The molecule has 0 amide bonds. The maximum atomic E-state index is 8.87. The summed E-state index contributed by atoms with van der Waals surface area (Å²) >= 11 is 0. The molecule has 1 atom stereocenters. The molecule has 3 heteroatoms. The zero-order valence-corrected chi connectivity index (χ0v) is 6.42. The summed E-state index contributed by atoms with van der Waals surface area (Å²) in [5.41, 5.74) is 0. The van der Waals surface area contributed by atoms with E-state index >= 15 is 0 Å². The molecule has 1 heterocycles. The van der Waals surface area contributed by atoms with Crippen LogP contribution < -0.4 is 0 Å². The summed E-state index contributed by atoms with van der Waals surface area (Å²) in [5, 5.41) is 8.87. The summed E-state index contributed by atoms with van der Waals surface area (Å²) in [6.45, 7) is 1.99. The Morgan fingerprint density at radius 2 is 2.50 bits per heavy atom. The van der Waals surface area contributed by atoms with Gasteiger partial charge in [0.2, 0.25) is 0 Å². The van der Waals surface area contributed by atoms with Crippen LogP contribution in [0.3, 0.4) is 0 Å². The van der Waals surface area contributed by atoms with Crippen LogP contribution in [0, 0.1) is 0 Å². The molecule has 60 valence electrons. The second-order valence-electron chi connectivity index (χ2n) is 2.71. The first kappa shape index (κ1) is 7.98. The van der Waals surface area contributed by atoms with Crippen LogP contribution in [0.15, 0.2) is 0 Å². The van der Waals surface area contributed by atoms with E-state index in [0.29, 0.717) is 12.8 Å². The molecule has 0 aromatic heterocycles. The smallest absolute Gasteiger partial charge is 0.0989 e. The zero-order valence-electron chi connectivity index (χ0n) is 6.42. The van der Waals surface area contributed by atoms with Crippen molar-refractivity contribution in [1.29, 1.82) is 0 Å². The van der Waals surface area contributed by atoms with Gasteiger partial charge in [-0.15, -0.1) is 0 Å². The minimum Gasteiger partial charge on any atom is -0.395 e. The lowest BCUT2D eigenvalue weighted by molar-refractivity contribution is 0.0369. The standard InChI is InChI=1S/C7H15NO2/c1-10-6-8-4-2-3-7(8)5-9/h7,9H,2-6H2,1H3/t7-/m0/s1. The van der Waals surface area contributed by atoms with Gasteiger partial charge < -0.3 is 9.84 Å². The largest absolute Gasteiger partial charge is 0.395 e. The summed E-state index contributed by atoms with van der Waals surface area (Å²) in [6, 6.07) is 0.347. The number of hydrogen-bond acceptors (Lipinski definition) is 3. The number of aliphatic hydroxyl groups is 1. The minimum atomic E-state index is 0.267. The predicted octanol–water partition coefficient (Wildman–Crippen LogP) is 0.0470. The van der Waals surface area contributed by atoms with E-state index in [1.807, 2.05) is 0 Å². The highest BCUT2D eigenvalue weighted by atomic mass is 16.5. The van der Waals surface area contributed by atoms with Gasteiger partial charge in [-0.2, -0.15) is 0 Å². The normalized spacial score (nSPS) is 27.6. The number of methoxy groups -OCH3 is 1. The fourth-order valence-electron chi connectivity index (χ4n) is 1.44. The summed E-state index contributed by atoms with van der Waals surface area (Å²) in [7, 11) is 1.69. The van der Waals surface area contributed by atoms with Gasteiger partial charge in [-0.3, -0.25) is 4.90 Å². The molecule has 1 fully saturated rings. The monoisotopic (exact) mass is 145 g/mol. The minimum absolute atomic E-state index is 0.267. The Bertz CT molecular complexity index is 97.6. The van der Waals surface area contributed by atoms with Crippen molar-refractivity contribution < 1.29 is 9.84 Å². The number of rotatable bonds is 3. The van der Waals surface area contributed by atoms with Gasteiger partial charge >= 0.3 is 0 Å². The molecule has 10 heavy (non-hydrogen) atoms. The van der Waals surface area contributed by atoms with Crippen LogP contribution in [0.1, 0.15) is 12.8 Å². The van der Waals surface area contributed by atoms with Crippen molar-refractivity contribution in [3.05, 3.63) is 0 Å². The highest BCUT2D eigenvalue weighted by Gasteiger charge is 2.22. The highest BCUT2D eigenvalue weighted by Crippen LogP contribution is 2.15. The lowest BCUT2D eigenvalue weighted by Crippen LogP contribution is -2.33. The van der Waals surface area contributed by atoms with Gasteiger partial charge in [0.25, 0.3) is 0 Å². The fraction of sp³-hybridized carbons (Fsp3) is 1.00. The zero-order chi connectivity index (χ0) is 7.40. The van der Waals surface area contributed by atoms with Crippen LogP contribution in [0.5, 0.6) is 0 Å². The van der Waals surface area contributed by atoms with Crippen LogP contribution in [-0.2, 0) is 4.74 Å². The van der Waals surface area contributed by atoms with E-state index in [4.69, 9.17) is 9.84 Å². The van der Waals surface area contributed by atoms with Crippen molar-refractivity contribution in [3.63, 3.8) is 0 Å². The fourth-order valence-corrected chi connectivity index (χ4v) is 1.44. The highest BCUT2D eigenvalue weighted by molar-refractivity contribution is 4.75. The SMILES string of the molecule is COCN1CCC[C@H]1CO. The molecule has 1 rings (SSSR count). The first-order chi connectivity index (χ1) is 4.88. The van der Waals surface area contributed by atoms with Gasteiger partial charge in [0.1, 0.15) is 0 Å². The molecular weight excluding hydrogens is 130 g/mol. The van der Waals surface area contributed by atoms with E-state index < -0.39 is 0 Å². The molecule has 0 aromatic carbocycles. The Morgan fingerprint density at radius 3 is 3.10 bits per heavy atom. The Balaban J connectivity index is 2.27. The second-order valence-corrected chi connectivity index (χ2v) is 2.71. The molecule has 0 unspecified atom stereocenters. The van der Waals surface area contributed by atoms with Gasteiger partial charge in [0.05, 0.1) is 13.3 Å². The van der Waals surface area contributed by atoms with Crippen LogP contribution in [0.4, 0.5) is 0 Å². The molecular formula is C7H15NO2. The van der Waals surface area contributed by atoms with E-state index in [9.17, 15) is 0 Å². The molecule has 3 nitrogen and oxygen atoms in total. The number of aliphatic hydroxyl groups excluding tert-OH is 1. The Hall–Kier alpha value is -0.120. The number of nitrogens with zero attached hydrogens (tertiary/aromatic N) is 1. The Kier molecular flexibility index (Phi) is 3.12. The van der Waals surface area contributed by atoms with Crippen LogP contribution in [-0.4, -0.2) is 43.0 Å². The summed E-state index contributed by atoms with van der Waals surface area (Å²) in [4.78, 5) is 2.17. The quantitative estimate of drug-likeness (QED) is 0.609. The molecule has 1 aliphatic rings. The summed E-state index contributed by atoms with van der Waals surface area (Å²) in [5.74, 6) is 0. The Labute approximate surface area is 61.6 Å². The van der Waals surface area contributed by atoms with Gasteiger partial charge in [0, 0.05) is 19.7 Å². The van der Waals surface area contributed by atoms with Crippen molar-refractivity contribution >= 4 is 0 Å². The van der Waals surface area contributed by atoms with Gasteiger partial charge in [-0.1, -0.05) is 0 Å². The van der Waals surface area contributed by atoms with Crippen molar-refractivity contribution in [1.82, 2.24) is 4.90 Å². The molecule has 0 radical (unpaired) electrons. The van der Waals surface area contributed by atoms with E-state index in [-0.39, 0.29) is 6.61 Å². The molecule has 0 aliphatic carbocycles. The molecule has 0 bridgehead atoms. The predicted molar refractivity (Wildman–Crippen MR) is 38.7 cm³/mol. The summed E-state index contributed by atoms with van der Waals surface area (Å²) < 4.78 is 4.97. The first-order valence-corrected chi connectivity index (χ1v) is 3.72. The third-order valence-electron chi connectivity index (χ3n) is 2.00. The number of ether oxygens (including phenoxy) is 1. The van der Waals surface area contributed by atoms with Crippen LogP contribution in [0.2, 0.25) is 0 Å². The Morgan fingerprint density at radius 1 is 1.70 bits per heavy atom. The van der Waals surface area contributed by atoms with Crippen molar-refractivity contribution in [3.8, 4) is 0 Å². The third kappa shape index (κ3) is 1.68. The number of hydrogen-bond donors (Lipinski definition) is 1. The first-order valence-electron chi connectivity index (χ1n) is 3.72. The average Bonchev–Trinajstić information content (AvgIpc) is 2.36. The molecule has 0 aromatic rings. The number of likely N-dealkylation sites (tertiary alicyclic amines) is 1. The van der Waals surface area contributed by atoms with E-state index in [1.165, 1.54) is 6.42 Å². The van der Waals surface area contributed by atoms with E-state index in [0.717, 1.165) is 13.0 Å². The van der Waals surface area contributed by atoms with Gasteiger partial charge in [-0.25, -0.2) is 0 Å². The molecule has 1 saturated heterocycles. The van der Waals surface area contributed by atoms with Crippen molar-refractivity contribution in [2.24, 2.45) is 0 Å². The summed E-state index contributed by atoms with van der Waals surface area (Å²) in [6.07, 6.45) is 2.30. The molecule has 1 aliphatic heterocycles. The van der Waals surface area contributed by atoms with Crippen LogP contribution in [0.25, 0.3) is 0 Å². The molecule has 0 saturated carbocycles. The maximum absolute atomic E-state index is 8.87. The third-order valence-corrected chi connectivity index (χ3v) is 2.00. The topological polar surface area (TPSA) is 32.7 Å². The second kappa shape index (κ2) is 3.91. The van der Waals surface area contributed by atoms with Crippen molar-refractivity contribution in [2.75, 3.05) is 27.0 Å². The molecule has 0 spiro atoms. The van der Waals surface area contributed by atoms with Crippen LogP contribution >= 0.6 is 0 Å². The lowest BCUT2D eigenvalue weighted by Gasteiger charge is -2.20. The van der Waals surface area contributed by atoms with E-state index in [2.05, 4.69) is 4.90 Å². The van der Waals surface area contributed by atoms with Gasteiger partial charge in [-0.05, 0) is 12.8 Å². The lowest BCUT2D eigenvalue weighted by atomic mass is 10.2. The van der Waals surface area contributed by atoms with E-state index in [1.54, 1.807) is 7.11 Å².